The van der Waals surface area contributed by atoms with Crippen LogP contribution in [0.5, 0.6) is 0 Å². The molecule has 0 radical (unpaired) electrons. The van der Waals surface area contributed by atoms with Crippen LogP contribution < -0.4 is 5.32 Å². The summed E-state index contributed by atoms with van der Waals surface area (Å²) in [5.74, 6) is -1.04. The molecule has 0 saturated carbocycles. The SMILES string of the molecule is Cc1ccc(CNC(=O)c2cc(Cl)ccc2F)c(C)c1. The highest BCUT2D eigenvalue weighted by Gasteiger charge is 2.12. The summed E-state index contributed by atoms with van der Waals surface area (Å²) in [6, 6.07) is 9.91. The van der Waals surface area contributed by atoms with Crippen LogP contribution in [0.2, 0.25) is 5.02 Å². The summed E-state index contributed by atoms with van der Waals surface area (Å²) < 4.78 is 13.6. The Hall–Kier alpha value is -1.87. The summed E-state index contributed by atoms with van der Waals surface area (Å²) in [4.78, 5) is 12.0. The van der Waals surface area contributed by atoms with Crippen LogP contribution in [0.25, 0.3) is 0 Å². The normalized spacial score (nSPS) is 10.4. The van der Waals surface area contributed by atoms with Gasteiger partial charge in [-0.15, -0.1) is 0 Å². The van der Waals surface area contributed by atoms with E-state index in [9.17, 15) is 9.18 Å². The molecule has 2 aromatic rings. The Labute approximate surface area is 122 Å². The molecule has 0 aliphatic heterocycles. The highest BCUT2D eigenvalue weighted by Crippen LogP contribution is 2.15. The van der Waals surface area contributed by atoms with E-state index in [1.54, 1.807) is 0 Å². The van der Waals surface area contributed by atoms with Gasteiger partial charge in [-0.3, -0.25) is 4.79 Å². The van der Waals surface area contributed by atoms with Crippen molar-refractivity contribution in [3.05, 3.63) is 69.5 Å². The molecule has 0 spiro atoms. The van der Waals surface area contributed by atoms with Crippen LogP contribution in [0.4, 0.5) is 4.39 Å². The molecule has 0 bridgehead atoms. The Morgan fingerprint density at radius 2 is 1.95 bits per heavy atom. The Bertz CT molecular complexity index is 655. The maximum atomic E-state index is 13.6. The van der Waals surface area contributed by atoms with Gasteiger partial charge in [-0.1, -0.05) is 35.4 Å². The Morgan fingerprint density at radius 1 is 1.20 bits per heavy atom. The first kappa shape index (κ1) is 14.5. The van der Waals surface area contributed by atoms with Crippen molar-refractivity contribution in [1.29, 1.82) is 0 Å². The first-order valence-corrected chi connectivity index (χ1v) is 6.64. The van der Waals surface area contributed by atoms with Gasteiger partial charge in [-0.2, -0.15) is 0 Å². The molecule has 0 aromatic heterocycles. The second-order valence-corrected chi connectivity index (χ2v) is 5.17. The van der Waals surface area contributed by atoms with E-state index in [0.29, 0.717) is 11.6 Å². The van der Waals surface area contributed by atoms with E-state index >= 15 is 0 Å². The first-order chi connectivity index (χ1) is 9.47. The van der Waals surface area contributed by atoms with Crippen molar-refractivity contribution in [2.24, 2.45) is 0 Å². The number of carbonyl (C=O) groups is 1. The van der Waals surface area contributed by atoms with Crippen LogP contribution in [0.1, 0.15) is 27.0 Å². The third-order valence-corrected chi connectivity index (χ3v) is 3.35. The molecule has 0 saturated heterocycles. The fourth-order valence-electron chi connectivity index (χ4n) is 1.99. The maximum Gasteiger partial charge on any atom is 0.254 e. The van der Waals surface area contributed by atoms with Crippen molar-refractivity contribution in [3.8, 4) is 0 Å². The molecule has 0 aliphatic rings. The number of amides is 1. The molecule has 0 unspecified atom stereocenters. The monoisotopic (exact) mass is 291 g/mol. The molecule has 2 rings (SSSR count). The predicted octanol–water partition coefficient (Wildman–Crippen LogP) is 4.03. The lowest BCUT2D eigenvalue weighted by Crippen LogP contribution is -2.24. The molecule has 0 fully saturated rings. The number of aryl methyl sites for hydroxylation is 2. The molecular formula is C16H15ClFNO. The Balaban J connectivity index is 2.10. The second kappa shape index (κ2) is 6.06. The third-order valence-electron chi connectivity index (χ3n) is 3.11. The summed E-state index contributed by atoms with van der Waals surface area (Å²) in [6.07, 6.45) is 0. The highest BCUT2D eigenvalue weighted by atomic mass is 35.5. The van der Waals surface area contributed by atoms with E-state index < -0.39 is 11.7 Å². The summed E-state index contributed by atoms with van der Waals surface area (Å²) in [5, 5.41) is 3.04. The zero-order valence-electron chi connectivity index (χ0n) is 11.3. The average Bonchev–Trinajstić information content (AvgIpc) is 2.40. The molecular weight excluding hydrogens is 277 g/mol. The lowest BCUT2D eigenvalue weighted by atomic mass is 10.1. The van der Waals surface area contributed by atoms with Crippen molar-refractivity contribution >= 4 is 17.5 Å². The number of rotatable bonds is 3. The quantitative estimate of drug-likeness (QED) is 0.909. The van der Waals surface area contributed by atoms with Crippen LogP contribution in [-0.2, 0) is 6.54 Å². The predicted molar refractivity (Wildman–Crippen MR) is 78.5 cm³/mol. The molecule has 1 N–H and O–H groups in total. The van der Waals surface area contributed by atoms with Crippen molar-refractivity contribution in [1.82, 2.24) is 5.32 Å². The second-order valence-electron chi connectivity index (χ2n) is 4.74. The van der Waals surface area contributed by atoms with Gasteiger partial charge in [-0.25, -0.2) is 4.39 Å². The molecule has 0 aliphatic carbocycles. The highest BCUT2D eigenvalue weighted by molar-refractivity contribution is 6.30. The van der Waals surface area contributed by atoms with Crippen molar-refractivity contribution in [2.75, 3.05) is 0 Å². The summed E-state index contributed by atoms with van der Waals surface area (Å²) in [7, 11) is 0. The van der Waals surface area contributed by atoms with Crippen LogP contribution in [0.15, 0.2) is 36.4 Å². The minimum absolute atomic E-state index is 0.0396. The lowest BCUT2D eigenvalue weighted by Gasteiger charge is -2.09. The van der Waals surface area contributed by atoms with Gasteiger partial charge in [0.15, 0.2) is 0 Å². The van der Waals surface area contributed by atoms with Gasteiger partial charge < -0.3 is 5.32 Å². The number of hydrogen-bond acceptors (Lipinski definition) is 1. The molecule has 2 nitrogen and oxygen atoms in total. The molecule has 4 heteroatoms. The van der Waals surface area contributed by atoms with E-state index in [4.69, 9.17) is 11.6 Å². The van der Waals surface area contributed by atoms with Crippen LogP contribution in [0, 0.1) is 19.7 Å². The van der Waals surface area contributed by atoms with Gasteiger partial charge in [0.1, 0.15) is 5.82 Å². The van der Waals surface area contributed by atoms with Gasteiger partial charge in [0.05, 0.1) is 5.56 Å². The van der Waals surface area contributed by atoms with Gasteiger partial charge in [0.2, 0.25) is 0 Å². The van der Waals surface area contributed by atoms with Crippen molar-refractivity contribution < 1.29 is 9.18 Å². The number of hydrogen-bond donors (Lipinski definition) is 1. The molecule has 20 heavy (non-hydrogen) atoms. The lowest BCUT2D eigenvalue weighted by molar-refractivity contribution is 0.0947. The molecule has 2 aromatic carbocycles. The Kier molecular flexibility index (Phi) is 4.40. The maximum absolute atomic E-state index is 13.6. The average molecular weight is 292 g/mol. The van der Waals surface area contributed by atoms with E-state index in [1.807, 2.05) is 32.0 Å². The van der Waals surface area contributed by atoms with Crippen LogP contribution in [-0.4, -0.2) is 5.91 Å². The molecule has 104 valence electrons. The fourth-order valence-corrected chi connectivity index (χ4v) is 2.16. The Morgan fingerprint density at radius 3 is 2.65 bits per heavy atom. The minimum Gasteiger partial charge on any atom is -0.348 e. The smallest absolute Gasteiger partial charge is 0.254 e. The van der Waals surface area contributed by atoms with E-state index in [1.165, 1.54) is 23.8 Å². The van der Waals surface area contributed by atoms with Gasteiger partial charge in [0, 0.05) is 11.6 Å². The fraction of sp³-hybridized carbons (Fsp3) is 0.188. The molecule has 0 atom stereocenters. The largest absolute Gasteiger partial charge is 0.348 e. The number of nitrogens with one attached hydrogen (secondary N) is 1. The summed E-state index contributed by atoms with van der Waals surface area (Å²) in [5.41, 5.74) is 3.23. The van der Waals surface area contributed by atoms with Crippen molar-refractivity contribution in [3.63, 3.8) is 0 Å². The van der Waals surface area contributed by atoms with Gasteiger partial charge in [0.25, 0.3) is 5.91 Å². The topological polar surface area (TPSA) is 29.1 Å². The third kappa shape index (κ3) is 3.36. The molecule has 1 amide bonds. The zero-order valence-corrected chi connectivity index (χ0v) is 12.1. The zero-order chi connectivity index (χ0) is 14.7. The van der Waals surface area contributed by atoms with Gasteiger partial charge >= 0.3 is 0 Å². The number of halogens is 2. The van der Waals surface area contributed by atoms with Crippen molar-refractivity contribution in [2.45, 2.75) is 20.4 Å². The standard InChI is InChI=1S/C16H15ClFNO/c1-10-3-4-12(11(2)7-10)9-19-16(20)14-8-13(17)5-6-15(14)18/h3-8H,9H2,1-2H3,(H,19,20). The van der Waals surface area contributed by atoms with Gasteiger partial charge in [-0.05, 0) is 43.2 Å². The molecule has 0 heterocycles. The van der Waals surface area contributed by atoms with E-state index in [-0.39, 0.29) is 5.56 Å². The van der Waals surface area contributed by atoms with E-state index in [2.05, 4.69) is 5.32 Å². The summed E-state index contributed by atoms with van der Waals surface area (Å²) >= 11 is 5.77. The number of carbonyl (C=O) groups excluding carboxylic acids is 1. The first-order valence-electron chi connectivity index (χ1n) is 6.27. The minimum atomic E-state index is -0.576. The van der Waals surface area contributed by atoms with Crippen LogP contribution >= 0.6 is 11.6 Å². The number of benzene rings is 2. The van der Waals surface area contributed by atoms with E-state index in [0.717, 1.165) is 11.1 Å². The van der Waals surface area contributed by atoms with Crippen LogP contribution in [0.3, 0.4) is 0 Å². The summed E-state index contributed by atoms with van der Waals surface area (Å²) in [6.45, 7) is 4.35.